The molecule has 79 heavy (non-hydrogen) atoms. The van der Waals surface area contributed by atoms with Gasteiger partial charge in [0.05, 0.1) is 59.4 Å². The Hall–Kier alpha value is -2.39. The van der Waals surface area contributed by atoms with Gasteiger partial charge in [-0.05, 0) is 77.0 Å². The van der Waals surface area contributed by atoms with Crippen LogP contribution in [0.3, 0.4) is 0 Å². The molecule has 466 valence electrons. The topological polar surface area (TPSA) is 146 Å². The van der Waals surface area contributed by atoms with Crippen LogP contribution in [-0.4, -0.2) is 130 Å². The summed E-state index contributed by atoms with van der Waals surface area (Å²) in [5.74, 6) is -0.789. The van der Waals surface area contributed by atoms with E-state index in [2.05, 4.69) is 55.1 Å². The van der Waals surface area contributed by atoms with Gasteiger partial charge in [-0.15, -0.1) is 0 Å². The van der Waals surface area contributed by atoms with E-state index in [9.17, 15) is 14.4 Å². The summed E-state index contributed by atoms with van der Waals surface area (Å²) in [5.41, 5.74) is 0. The van der Waals surface area contributed by atoms with E-state index in [4.69, 9.17) is 37.9 Å². The Labute approximate surface area is 485 Å². The molecule has 0 amide bonds. The standard InChI is InChI=1S/C66H125NO12/c1-4-7-10-13-16-19-22-24-26-28-30-32-35-38-41-44-48-74-60-64(77-49-45-42-39-36-33-31-29-27-25-23-20-17-14-11-8-5-2)63(46-43-40-37-34-21-18-15-12-9-6-3)79-66(70)61-75-56-55-72-52-51-71-53-54-73-57-58-78-65(69)59-67-47-50-76-62-68/h24-27,62-64,67H,4-23,28-61H2,1-3H3/b26-24-,27-25-. The highest BCUT2D eigenvalue weighted by molar-refractivity contribution is 5.71. The van der Waals surface area contributed by atoms with E-state index < -0.39 is 12.1 Å². The molecule has 0 aliphatic heterocycles. The smallest absolute Gasteiger partial charge is 0.332 e. The Kier molecular flexibility index (Phi) is 66.1. The van der Waals surface area contributed by atoms with Crippen LogP contribution >= 0.6 is 0 Å². The van der Waals surface area contributed by atoms with Gasteiger partial charge >= 0.3 is 11.9 Å². The van der Waals surface area contributed by atoms with Gasteiger partial charge in [0.1, 0.15) is 32.0 Å². The van der Waals surface area contributed by atoms with Crippen LogP contribution in [0.4, 0.5) is 0 Å². The number of rotatable bonds is 68. The Morgan fingerprint density at radius 2 is 0.772 bits per heavy atom. The van der Waals surface area contributed by atoms with Crippen LogP contribution in [-0.2, 0) is 57.0 Å². The molecule has 0 saturated heterocycles. The van der Waals surface area contributed by atoms with Gasteiger partial charge in [-0.1, -0.05) is 218 Å². The number of unbranched alkanes of at least 4 members (excludes halogenated alkanes) is 33. The zero-order chi connectivity index (χ0) is 57.1. The average molecular weight is 1120 g/mol. The molecule has 0 saturated carbocycles. The zero-order valence-electron chi connectivity index (χ0n) is 51.6. The molecule has 0 aliphatic carbocycles. The fourth-order valence-electron chi connectivity index (χ4n) is 9.31. The highest BCUT2D eigenvalue weighted by atomic mass is 16.6. The molecule has 0 aromatic carbocycles. The molecule has 0 bridgehead atoms. The number of carbonyl (C=O) groups excluding carboxylic acids is 3. The predicted octanol–water partition coefficient (Wildman–Crippen LogP) is 16.1. The molecule has 0 fully saturated rings. The van der Waals surface area contributed by atoms with E-state index in [1.165, 1.54) is 212 Å². The maximum atomic E-state index is 13.4. The fourth-order valence-corrected chi connectivity index (χ4v) is 9.31. The van der Waals surface area contributed by atoms with Gasteiger partial charge in [-0.25, -0.2) is 4.79 Å². The molecule has 1 N–H and O–H groups in total. The second kappa shape index (κ2) is 68.1. The first-order chi connectivity index (χ1) is 39.1. The highest BCUT2D eigenvalue weighted by Gasteiger charge is 2.26. The minimum atomic E-state index is -0.407. The van der Waals surface area contributed by atoms with Crippen molar-refractivity contribution in [2.45, 2.75) is 283 Å². The lowest BCUT2D eigenvalue weighted by Gasteiger charge is -2.27. The third kappa shape index (κ3) is 63.0. The third-order valence-electron chi connectivity index (χ3n) is 14.2. The molecule has 2 unspecified atom stereocenters. The molecule has 13 heteroatoms. The zero-order valence-corrected chi connectivity index (χ0v) is 51.6. The van der Waals surface area contributed by atoms with Crippen molar-refractivity contribution in [3.8, 4) is 0 Å². The second-order valence-corrected chi connectivity index (χ2v) is 21.6. The van der Waals surface area contributed by atoms with Crippen molar-refractivity contribution in [3.63, 3.8) is 0 Å². The van der Waals surface area contributed by atoms with Gasteiger partial charge in [0.2, 0.25) is 0 Å². The molecule has 13 nitrogen and oxygen atoms in total. The summed E-state index contributed by atoms with van der Waals surface area (Å²) in [6.45, 7) is 11.9. The minimum absolute atomic E-state index is 0.0311. The van der Waals surface area contributed by atoms with Gasteiger partial charge in [0.25, 0.3) is 6.47 Å². The SMILES string of the molecule is CCCCCCCC/C=C\CCCCCCCCOCC(OCCCCCCCC/C=C\CCCCCCCC)C(CCCCCCCCCCCC)OC(=O)COCCOCCOCCOCCOC(=O)CNCCOC=O. The van der Waals surface area contributed by atoms with Crippen molar-refractivity contribution >= 4 is 18.4 Å². The van der Waals surface area contributed by atoms with Gasteiger partial charge < -0.3 is 47.9 Å². The maximum Gasteiger partial charge on any atom is 0.332 e. The summed E-state index contributed by atoms with van der Waals surface area (Å²) in [4.78, 5) is 35.2. The number of ether oxygens (including phenoxy) is 9. The van der Waals surface area contributed by atoms with E-state index in [0.717, 1.165) is 38.5 Å². The Morgan fingerprint density at radius 1 is 0.380 bits per heavy atom. The van der Waals surface area contributed by atoms with Crippen molar-refractivity contribution in [2.75, 3.05) is 99.0 Å². The van der Waals surface area contributed by atoms with Crippen molar-refractivity contribution in [2.24, 2.45) is 0 Å². The van der Waals surface area contributed by atoms with Crippen LogP contribution in [0.25, 0.3) is 0 Å². The van der Waals surface area contributed by atoms with Crippen LogP contribution in [0.2, 0.25) is 0 Å². The number of esters is 2. The lowest BCUT2D eigenvalue weighted by molar-refractivity contribution is -0.168. The highest BCUT2D eigenvalue weighted by Crippen LogP contribution is 2.19. The quantitative estimate of drug-likeness (QED) is 0.0203. The van der Waals surface area contributed by atoms with Crippen molar-refractivity contribution in [1.29, 1.82) is 0 Å². The third-order valence-corrected chi connectivity index (χ3v) is 14.2. The molecule has 0 rings (SSSR count). The average Bonchev–Trinajstić information content (AvgIpc) is 3.45. The Balaban J connectivity index is 4.97. The molecule has 0 aromatic rings. The molecule has 0 aliphatic rings. The second-order valence-electron chi connectivity index (χ2n) is 21.6. The molecule has 0 aromatic heterocycles. The van der Waals surface area contributed by atoms with Crippen LogP contribution in [0, 0.1) is 0 Å². The molecule has 0 radical (unpaired) electrons. The predicted molar refractivity (Wildman–Crippen MR) is 325 cm³/mol. The van der Waals surface area contributed by atoms with E-state index in [-0.39, 0.29) is 51.7 Å². The normalized spacial score (nSPS) is 12.5. The summed E-state index contributed by atoms with van der Waals surface area (Å²) in [7, 11) is 0. The van der Waals surface area contributed by atoms with Crippen LogP contribution in [0.5, 0.6) is 0 Å². The molecule has 2 atom stereocenters. The summed E-state index contributed by atoms with van der Waals surface area (Å²) in [6.07, 6.45) is 57.7. The first kappa shape index (κ1) is 76.6. The number of carbonyl (C=O) groups is 3. The lowest BCUT2D eigenvalue weighted by atomic mass is 10.0. The fraction of sp³-hybridized carbons (Fsp3) is 0.894. The van der Waals surface area contributed by atoms with Crippen LogP contribution in [0.1, 0.15) is 271 Å². The molecular weight excluding hydrogens is 999 g/mol. The van der Waals surface area contributed by atoms with Gasteiger partial charge in [0, 0.05) is 19.8 Å². The van der Waals surface area contributed by atoms with Crippen molar-refractivity contribution < 1.29 is 57.0 Å². The van der Waals surface area contributed by atoms with Crippen LogP contribution < -0.4 is 5.32 Å². The number of allylic oxidation sites excluding steroid dienone is 4. The van der Waals surface area contributed by atoms with E-state index >= 15 is 0 Å². The largest absolute Gasteiger partial charge is 0.467 e. The Bertz CT molecular complexity index is 1290. The molecular formula is C66H125NO12. The summed E-state index contributed by atoms with van der Waals surface area (Å²) < 4.78 is 51.2. The first-order valence-electron chi connectivity index (χ1n) is 33.0. The first-order valence-corrected chi connectivity index (χ1v) is 33.0. The van der Waals surface area contributed by atoms with Crippen LogP contribution in [0.15, 0.2) is 24.3 Å². The molecule has 0 spiro atoms. The van der Waals surface area contributed by atoms with Crippen molar-refractivity contribution in [3.05, 3.63) is 24.3 Å². The summed E-state index contributed by atoms with van der Waals surface area (Å²) in [5, 5.41) is 2.82. The van der Waals surface area contributed by atoms with E-state index in [1.54, 1.807) is 0 Å². The Morgan fingerprint density at radius 3 is 1.23 bits per heavy atom. The minimum Gasteiger partial charge on any atom is -0.467 e. The summed E-state index contributed by atoms with van der Waals surface area (Å²) >= 11 is 0. The summed E-state index contributed by atoms with van der Waals surface area (Å²) in [6, 6.07) is 0. The number of hydrogen-bond acceptors (Lipinski definition) is 13. The van der Waals surface area contributed by atoms with E-state index in [1.807, 2.05) is 0 Å². The number of hydrogen-bond donors (Lipinski definition) is 1. The van der Waals surface area contributed by atoms with Gasteiger partial charge in [-0.3, -0.25) is 9.59 Å². The monoisotopic (exact) mass is 1120 g/mol. The van der Waals surface area contributed by atoms with Crippen molar-refractivity contribution in [1.82, 2.24) is 5.32 Å². The van der Waals surface area contributed by atoms with Gasteiger partial charge in [-0.2, -0.15) is 0 Å². The number of nitrogens with one attached hydrogen (secondary N) is 1. The van der Waals surface area contributed by atoms with E-state index in [0.29, 0.717) is 65.9 Å². The molecule has 0 heterocycles. The lowest BCUT2D eigenvalue weighted by Crippen LogP contribution is -2.38. The van der Waals surface area contributed by atoms with Gasteiger partial charge in [0.15, 0.2) is 0 Å². The maximum absolute atomic E-state index is 13.4.